The molecular weight excluding hydrogens is 268 g/mol. The summed E-state index contributed by atoms with van der Waals surface area (Å²) >= 11 is 0. The van der Waals surface area contributed by atoms with Crippen molar-refractivity contribution in [2.75, 3.05) is 13.1 Å². The van der Waals surface area contributed by atoms with Gasteiger partial charge in [-0.15, -0.1) is 0 Å². The van der Waals surface area contributed by atoms with Crippen molar-refractivity contribution in [2.24, 2.45) is 0 Å². The molecule has 2 aliphatic rings. The van der Waals surface area contributed by atoms with Crippen molar-refractivity contribution >= 4 is 12.0 Å². The van der Waals surface area contributed by atoms with Gasteiger partial charge in [0.25, 0.3) is 5.91 Å². The number of nitrogens with one attached hydrogen (secondary N) is 2. The third-order valence-electron chi connectivity index (χ3n) is 3.63. The minimum absolute atomic E-state index is 0.0888. The molecule has 3 heterocycles. The summed E-state index contributed by atoms with van der Waals surface area (Å²) in [7, 11) is 0. The van der Waals surface area contributed by atoms with E-state index in [1.807, 2.05) is 0 Å². The summed E-state index contributed by atoms with van der Waals surface area (Å²) in [6.45, 7) is 0.475. The first kappa shape index (κ1) is 12.5. The molecule has 4 N–H and O–H groups in total. The number of aromatic hydroxyl groups is 1. The molecule has 3 rings (SSSR count). The Bertz CT molecular complexity index is 668. The Morgan fingerprint density at radius 2 is 2.25 bits per heavy atom. The van der Waals surface area contributed by atoms with Crippen molar-refractivity contribution in [2.45, 2.75) is 18.4 Å². The summed E-state index contributed by atoms with van der Waals surface area (Å²) in [5, 5.41) is 23.2. The quantitative estimate of drug-likeness (QED) is 0.548. The maximum Gasteiger partial charge on any atom is 0.404 e. The Morgan fingerprint density at radius 3 is 2.95 bits per heavy atom. The fourth-order valence-electron chi connectivity index (χ4n) is 2.81. The molecule has 9 nitrogen and oxygen atoms in total. The van der Waals surface area contributed by atoms with Crippen molar-refractivity contribution in [1.29, 1.82) is 0 Å². The SMILES string of the molecule is O=C(O)NCC1CC2CNC(=O)c3c(O)c(=O)nc1n32. The van der Waals surface area contributed by atoms with Crippen molar-refractivity contribution in [3.63, 3.8) is 0 Å². The lowest BCUT2D eigenvalue weighted by molar-refractivity contribution is 0.0910. The number of carboxylic acid groups (broad SMARTS) is 1. The molecule has 0 radical (unpaired) electrons. The standard InChI is InChI=1S/C11H12N4O5/c16-7-6-9(17)12-3-5-1-4(2-13-11(19)20)8(15(5)6)14-10(7)18/h4-5,13,16H,1-3H2,(H,12,17)(H,19,20). The molecule has 2 unspecified atom stereocenters. The minimum Gasteiger partial charge on any atom is -0.501 e. The van der Waals surface area contributed by atoms with Crippen LogP contribution in [0.1, 0.15) is 34.7 Å². The molecule has 106 valence electrons. The molecule has 2 aliphatic heterocycles. The third-order valence-corrected chi connectivity index (χ3v) is 3.63. The molecule has 0 bridgehead atoms. The molecular formula is C11H12N4O5. The molecule has 0 aliphatic carbocycles. The minimum atomic E-state index is -1.16. The number of rotatable bonds is 2. The lowest BCUT2D eigenvalue weighted by atomic mass is 10.0. The van der Waals surface area contributed by atoms with E-state index in [1.165, 1.54) is 0 Å². The van der Waals surface area contributed by atoms with Crippen LogP contribution in [0.3, 0.4) is 0 Å². The van der Waals surface area contributed by atoms with Gasteiger partial charge in [-0.05, 0) is 6.42 Å². The smallest absolute Gasteiger partial charge is 0.404 e. The highest BCUT2D eigenvalue weighted by molar-refractivity contribution is 5.95. The first-order valence-electron chi connectivity index (χ1n) is 6.09. The van der Waals surface area contributed by atoms with Crippen molar-refractivity contribution in [3.05, 3.63) is 21.9 Å². The summed E-state index contributed by atoms with van der Waals surface area (Å²) in [5.41, 5.74) is -0.960. The Labute approximate surface area is 112 Å². The van der Waals surface area contributed by atoms with E-state index < -0.39 is 23.3 Å². The van der Waals surface area contributed by atoms with Gasteiger partial charge in [-0.2, -0.15) is 4.98 Å². The molecule has 0 saturated carbocycles. The topological polar surface area (TPSA) is 134 Å². The molecule has 20 heavy (non-hydrogen) atoms. The Balaban J connectivity index is 2.09. The number of hydrogen-bond donors (Lipinski definition) is 4. The van der Waals surface area contributed by atoms with E-state index in [4.69, 9.17) is 5.11 Å². The lowest BCUT2D eigenvalue weighted by Gasteiger charge is -2.24. The first-order valence-corrected chi connectivity index (χ1v) is 6.09. The van der Waals surface area contributed by atoms with Crippen molar-refractivity contribution in [1.82, 2.24) is 20.2 Å². The normalized spacial score (nSPS) is 23.1. The molecule has 1 aromatic heterocycles. The van der Waals surface area contributed by atoms with Gasteiger partial charge in [0.15, 0.2) is 5.69 Å². The summed E-state index contributed by atoms with van der Waals surface area (Å²) in [6.07, 6.45) is -0.617. The number of nitrogens with zero attached hydrogens (tertiary/aromatic N) is 2. The fourth-order valence-corrected chi connectivity index (χ4v) is 2.81. The van der Waals surface area contributed by atoms with Gasteiger partial charge >= 0.3 is 11.7 Å². The zero-order chi connectivity index (χ0) is 14.4. The number of amides is 2. The van der Waals surface area contributed by atoms with Crippen LogP contribution in [0.5, 0.6) is 5.75 Å². The predicted molar refractivity (Wildman–Crippen MR) is 64.9 cm³/mol. The van der Waals surface area contributed by atoms with E-state index in [0.717, 1.165) is 0 Å². The van der Waals surface area contributed by atoms with Crippen molar-refractivity contribution < 1.29 is 19.8 Å². The van der Waals surface area contributed by atoms with Crippen LogP contribution < -0.4 is 16.2 Å². The molecule has 0 fully saturated rings. The van der Waals surface area contributed by atoms with Gasteiger partial charge in [0.05, 0.1) is 6.04 Å². The summed E-state index contributed by atoms with van der Waals surface area (Å²) in [4.78, 5) is 37.8. The lowest BCUT2D eigenvalue weighted by Crippen LogP contribution is -2.40. The van der Waals surface area contributed by atoms with E-state index >= 15 is 0 Å². The average molecular weight is 280 g/mol. The Morgan fingerprint density at radius 1 is 1.50 bits per heavy atom. The fraction of sp³-hybridized carbons (Fsp3) is 0.455. The van der Waals surface area contributed by atoms with Crippen LogP contribution in [-0.2, 0) is 0 Å². The maximum atomic E-state index is 11.8. The summed E-state index contributed by atoms with van der Waals surface area (Å²) in [5.74, 6) is -1.14. The van der Waals surface area contributed by atoms with Gasteiger partial charge in [0, 0.05) is 19.0 Å². The van der Waals surface area contributed by atoms with Crippen LogP contribution >= 0.6 is 0 Å². The van der Waals surface area contributed by atoms with Crippen LogP contribution in [0.25, 0.3) is 0 Å². The zero-order valence-corrected chi connectivity index (χ0v) is 10.3. The zero-order valence-electron chi connectivity index (χ0n) is 10.3. The van der Waals surface area contributed by atoms with Gasteiger partial charge in [-0.25, -0.2) is 4.79 Å². The van der Waals surface area contributed by atoms with Crippen molar-refractivity contribution in [3.8, 4) is 5.75 Å². The molecule has 2 amide bonds. The van der Waals surface area contributed by atoms with E-state index in [2.05, 4.69) is 15.6 Å². The second-order valence-corrected chi connectivity index (χ2v) is 4.82. The molecule has 1 aromatic rings. The summed E-state index contributed by atoms with van der Waals surface area (Å²) < 4.78 is 1.55. The number of hydrogen-bond acceptors (Lipinski definition) is 5. The van der Waals surface area contributed by atoms with E-state index in [1.54, 1.807) is 4.57 Å². The predicted octanol–water partition coefficient (Wildman–Crippen LogP) is -1.01. The van der Waals surface area contributed by atoms with Crippen LogP contribution in [0.15, 0.2) is 4.79 Å². The Hall–Kier alpha value is -2.58. The van der Waals surface area contributed by atoms with Gasteiger partial charge < -0.3 is 25.4 Å². The van der Waals surface area contributed by atoms with E-state index in [-0.39, 0.29) is 24.2 Å². The molecule has 2 atom stereocenters. The number of carbonyl (C=O) groups excluding carboxylic acids is 1. The monoisotopic (exact) mass is 280 g/mol. The first-order chi connectivity index (χ1) is 9.49. The highest BCUT2D eigenvalue weighted by atomic mass is 16.4. The summed E-state index contributed by atoms with van der Waals surface area (Å²) in [6, 6.07) is -0.128. The van der Waals surface area contributed by atoms with Crippen LogP contribution in [-0.4, -0.2) is 44.9 Å². The van der Waals surface area contributed by atoms with Gasteiger partial charge in [-0.1, -0.05) is 0 Å². The number of carbonyl (C=O) groups is 2. The second-order valence-electron chi connectivity index (χ2n) is 4.82. The molecule has 0 spiro atoms. The highest BCUT2D eigenvalue weighted by Crippen LogP contribution is 2.38. The van der Waals surface area contributed by atoms with Gasteiger partial charge in [-0.3, -0.25) is 9.59 Å². The largest absolute Gasteiger partial charge is 0.501 e. The molecule has 9 heteroatoms. The van der Waals surface area contributed by atoms with Crippen LogP contribution in [0, 0.1) is 0 Å². The Kier molecular flexibility index (Phi) is 2.63. The van der Waals surface area contributed by atoms with Crippen LogP contribution in [0.4, 0.5) is 4.79 Å². The molecule has 0 aromatic carbocycles. The van der Waals surface area contributed by atoms with Crippen LogP contribution in [0.2, 0.25) is 0 Å². The van der Waals surface area contributed by atoms with Gasteiger partial charge in [0.1, 0.15) is 5.82 Å². The maximum absolute atomic E-state index is 11.8. The van der Waals surface area contributed by atoms with E-state index in [9.17, 15) is 19.5 Å². The average Bonchev–Trinajstić information content (AvgIpc) is 2.73. The molecule has 0 saturated heterocycles. The van der Waals surface area contributed by atoms with E-state index in [0.29, 0.717) is 18.8 Å². The highest BCUT2D eigenvalue weighted by Gasteiger charge is 2.40. The van der Waals surface area contributed by atoms with Gasteiger partial charge in [0.2, 0.25) is 5.75 Å². The second kappa shape index (κ2) is 4.22. The number of aromatic nitrogens is 2. The third kappa shape index (κ3) is 1.70.